The molecule has 0 fully saturated rings. The van der Waals surface area contributed by atoms with E-state index in [1.807, 2.05) is 6.55 Å². The van der Waals surface area contributed by atoms with Gasteiger partial charge in [-0.15, -0.1) is 0 Å². The first-order valence-corrected chi connectivity index (χ1v) is 5.83. The molecule has 0 radical (unpaired) electrons. The molecule has 1 aliphatic heterocycles. The minimum absolute atomic E-state index is 0.245. The monoisotopic (exact) mass is 206 g/mol. The van der Waals surface area contributed by atoms with Crippen LogP contribution in [0.2, 0.25) is 6.55 Å². The second-order valence-corrected chi connectivity index (χ2v) is 5.16. The molecule has 0 aromatic rings. The molecule has 6 heteroatoms. The lowest BCUT2D eigenvalue weighted by Crippen LogP contribution is -2.38. The highest BCUT2D eigenvalue weighted by molar-refractivity contribution is 6.58. The van der Waals surface area contributed by atoms with Crippen molar-refractivity contribution in [3.8, 4) is 0 Å². The lowest BCUT2D eigenvalue weighted by molar-refractivity contribution is -0.136. The number of esters is 1. The molecule has 0 spiro atoms. The standard InChI is InChI=1S/C4H12O3Si.C3H2O2/c1-5-8(4,6-2)7-3;4-3-1-2-5-3/h1-4H3;1-2H. The Kier molecular flexibility index (Phi) is 5.56. The average molecular weight is 206 g/mol. The zero-order valence-electron chi connectivity index (χ0n) is 8.20. The van der Waals surface area contributed by atoms with Crippen LogP contribution in [-0.4, -0.2) is 36.1 Å². The molecule has 0 N–H and O–H groups in total. The van der Waals surface area contributed by atoms with E-state index in [1.165, 1.54) is 12.3 Å². The summed E-state index contributed by atoms with van der Waals surface area (Å²) >= 11 is 0. The first kappa shape index (κ1) is 12.3. The zero-order valence-corrected chi connectivity index (χ0v) is 9.20. The van der Waals surface area contributed by atoms with Crippen LogP contribution in [0.4, 0.5) is 0 Å². The highest BCUT2D eigenvalue weighted by atomic mass is 28.4. The van der Waals surface area contributed by atoms with E-state index in [0.717, 1.165) is 0 Å². The van der Waals surface area contributed by atoms with Gasteiger partial charge in [-0.25, -0.2) is 4.79 Å². The summed E-state index contributed by atoms with van der Waals surface area (Å²) in [6.07, 6.45) is 2.71. The van der Waals surface area contributed by atoms with Gasteiger partial charge < -0.3 is 18.0 Å². The molecule has 0 saturated heterocycles. The number of hydrogen-bond donors (Lipinski definition) is 0. The molecule has 1 heterocycles. The molecular formula is C7H14O5Si. The normalized spacial score (nSPS) is 14.0. The summed E-state index contributed by atoms with van der Waals surface area (Å²) in [6, 6.07) is 0. The molecule has 0 saturated carbocycles. The highest BCUT2D eigenvalue weighted by Crippen LogP contribution is 2.02. The van der Waals surface area contributed by atoms with Gasteiger partial charge in [0.2, 0.25) is 0 Å². The Morgan fingerprint density at radius 3 is 1.54 bits per heavy atom. The molecule has 76 valence electrons. The van der Waals surface area contributed by atoms with Crippen LogP contribution in [0.5, 0.6) is 0 Å². The van der Waals surface area contributed by atoms with E-state index in [-0.39, 0.29) is 5.97 Å². The topological polar surface area (TPSA) is 54.0 Å². The van der Waals surface area contributed by atoms with Gasteiger partial charge in [0.25, 0.3) is 0 Å². The second-order valence-electron chi connectivity index (χ2n) is 2.21. The van der Waals surface area contributed by atoms with Crippen LogP contribution in [0, 0.1) is 0 Å². The molecule has 0 aliphatic carbocycles. The van der Waals surface area contributed by atoms with Crippen LogP contribution in [0.15, 0.2) is 12.3 Å². The van der Waals surface area contributed by atoms with Gasteiger partial charge in [-0.05, 0) is 0 Å². The van der Waals surface area contributed by atoms with Crippen molar-refractivity contribution < 1.29 is 22.8 Å². The number of cyclic esters (lactones) is 1. The van der Waals surface area contributed by atoms with Gasteiger partial charge in [0, 0.05) is 27.9 Å². The van der Waals surface area contributed by atoms with Crippen molar-refractivity contribution in [1.29, 1.82) is 0 Å². The van der Waals surface area contributed by atoms with Crippen LogP contribution in [0.3, 0.4) is 0 Å². The molecule has 1 rings (SSSR count). The highest BCUT2D eigenvalue weighted by Gasteiger charge is 2.29. The number of carbonyl (C=O) groups excluding carboxylic acids is 1. The van der Waals surface area contributed by atoms with Gasteiger partial charge in [-0.3, -0.25) is 0 Å². The van der Waals surface area contributed by atoms with Crippen molar-refractivity contribution >= 4 is 14.8 Å². The summed E-state index contributed by atoms with van der Waals surface area (Å²) in [5.74, 6) is -0.245. The molecule has 0 bridgehead atoms. The summed E-state index contributed by atoms with van der Waals surface area (Å²) in [5, 5.41) is 0. The second kappa shape index (κ2) is 5.87. The van der Waals surface area contributed by atoms with Crippen LogP contribution in [0.1, 0.15) is 0 Å². The molecule has 0 atom stereocenters. The summed E-state index contributed by atoms with van der Waals surface area (Å²) in [4.78, 5) is 9.59. The third kappa shape index (κ3) is 4.78. The minimum Gasteiger partial charge on any atom is -0.431 e. The van der Waals surface area contributed by atoms with Gasteiger partial charge in [-0.1, -0.05) is 0 Å². The third-order valence-electron chi connectivity index (χ3n) is 1.50. The van der Waals surface area contributed by atoms with Gasteiger partial charge in [0.15, 0.2) is 0 Å². The van der Waals surface area contributed by atoms with Crippen molar-refractivity contribution in [3.63, 3.8) is 0 Å². The van der Waals surface area contributed by atoms with Crippen molar-refractivity contribution in [2.45, 2.75) is 6.55 Å². The summed E-state index contributed by atoms with van der Waals surface area (Å²) in [6.45, 7) is 1.83. The molecule has 0 amide bonds. The average Bonchev–Trinajstić information content (AvgIpc) is 2.14. The molecule has 5 nitrogen and oxygen atoms in total. The summed E-state index contributed by atoms with van der Waals surface area (Å²) in [7, 11) is 2.58. The number of hydrogen-bond acceptors (Lipinski definition) is 5. The Labute approximate surface area is 78.6 Å². The lowest BCUT2D eigenvalue weighted by Gasteiger charge is -2.18. The molecule has 0 aromatic heterocycles. The van der Waals surface area contributed by atoms with Crippen molar-refractivity contribution in [1.82, 2.24) is 0 Å². The van der Waals surface area contributed by atoms with Gasteiger partial charge in [0.05, 0.1) is 6.08 Å². The van der Waals surface area contributed by atoms with Crippen LogP contribution >= 0.6 is 0 Å². The maximum absolute atomic E-state index is 9.59. The summed E-state index contributed by atoms with van der Waals surface area (Å²) in [5.41, 5.74) is 0. The largest absolute Gasteiger partial charge is 0.496 e. The van der Waals surface area contributed by atoms with Crippen LogP contribution < -0.4 is 0 Å². The third-order valence-corrected chi connectivity index (χ3v) is 3.73. The predicted molar refractivity (Wildman–Crippen MR) is 47.9 cm³/mol. The van der Waals surface area contributed by atoms with E-state index in [4.69, 9.17) is 13.3 Å². The first-order valence-electron chi connectivity index (χ1n) is 3.60. The lowest BCUT2D eigenvalue weighted by atomic mass is 10.6. The Bertz CT molecular complexity index is 179. The van der Waals surface area contributed by atoms with Gasteiger partial charge >= 0.3 is 14.8 Å². The van der Waals surface area contributed by atoms with Crippen molar-refractivity contribution in [3.05, 3.63) is 12.3 Å². The number of ether oxygens (including phenoxy) is 1. The van der Waals surface area contributed by atoms with Gasteiger partial charge in [-0.2, -0.15) is 0 Å². The quantitative estimate of drug-likeness (QED) is 0.498. The maximum atomic E-state index is 9.59. The Morgan fingerprint density at radius 1 is 1.23 bits per heavy atom. The van der Waals surface area contributed by atoms with E-state index in [9.17, 15) is 4.79 Å². The molecule has 1 aliphatic rings. The molecular weight excluding hydrogens is 192 g/mol. The first-order chi connectivity index (χ1) is 6.08. The smallest absolute Gasteiger partial charge is 0.431 e. The maximum Gasteiger partial charge on any atom is 0.496 e. The van der Waals surface area contributed by atoms with Crippen LogP contribution in [0.25, 0.3) is 0 Å². The van der Waals surface area contributed by atoms with Crippen LogP contribution in [-0.2, 0) is 22.8 Å². The Hall–Kier alpha value is -0.693. The number of rotatable bonds is 3. The zero-order chi connectivity index (χ0) is 10.3. The van der Waals surface area contributed by atoms with E-state index in [1.54, 1.807) is 21.3 Å². The van der Waals surface area contributed by atoms with Crippen molar-refractivity contribution in [2.24, 2.45) is 0 Å². The molecule has 13 heavy (non-hydrogen) atoms. The Balaban J connectivity index is 0.000000243. The van der Waals surface area contributed by atoms with Crippen molar-refractivity contribution in [2.75, 3.05) is 21.3 Å². The molecule has 0 unspecified atom stereocenters. The van der Waals surface area contributed by atoms with E-state index < -0.39 is 8.80 Å². The fourth-order valence-electron chi connectivity index (χ4n) is 0.374. The van der Waals surface area contributed by atoms with Gasteiger partial charge in [0.1, 0.15) is 6.26 Å². The van der Waals surface area contributed by atoms with E-state index >= 15 is 0 Å². The minimum atomic E-state index is -2.17. The number of carbonyl (C=O) groups is 1. The predicted octanol–water partition coefficient (Wildman–Crippen LogP) is 0.551. The van der Waals surface area contributed by atoms with E-state index in [2.05, 4.69) is 4.74 Å². The Morgan fingerprint density at radius 2 is 1.54 bits per heavy atom. The fourth-order valence-corrected chi connectivity index (χ4v) is 0.874. The summed E-state index contributed by atoms with van der Waals surface area (Å²) < 4.78 is 18.9. The fraction of sp³-hybridized carbons (Fsp3) is 0.571. The van der Waals surface area contributed by atoms with E-state index in [0.29, 0.717) is 0 Å². The molecule has 0 aromatic carbocycles. The SMILES string of the molecule is CO[Si](C)(OC)OC.O=C1C=CO1.